The van der Waals surface area contributed by atoms with Crippen LogP contribution in [0.5, 0.6) is 0 Å². The second-order valence-electron chi connectivity index (χ2n) is 5.22. The van der Waals surface area contributed by atoms with Gasteiger partial charge >= 0.3 is 0 Å². The Morgan fingerprint density at radius 3 is 2.38 bits per heavy atom. The third kappa shape index (κ3) is 8.05. The van der Waals surface area contributed by atoms with Crippen molar-refractivity contribution in [1.29, 1.82) is 0 Å². The molecule has 0 rings (SSSR count). The summed E-state index contributed by atoms with van der Waals surface area (Å²) in [5, 5.41) is 12.9. The van der Waals surface area contributed by atoms with Crippen molar-refractivity contribution in [3.8, 4) is 0 Å². The van der Waals surface area contributed by atoms with E-state index in [1.807, 2.05) is 0 Å². The molecule has 0 aromatic rings. The number of hydrogen-bond acceptors (Lipinski definition) is 4. The molecule has 0 saturated heterocycles. The molecule has 0 aliphatic heterocycles. The second-order valence-corrected chi connectivity index (χ2v) is 5.22. The zero-order valence-electron chi connectivity index (χ0n) is 11.2. The van der Waals surface area contributed by atoms with E-state index >= 15 is 0 Å². The van der Waals surface area contributed by atoms with Crippen molar-refractivity contribution < 1.29 is 14.6 Å². The maximum atomic E-state index is 9.63. The Morgan fingerprint density at radius 2 is 1.88 bits per heavy atom. The summed E-state index contributed by atoms with van der Waals surface area (Å²) in [6, 6.07) is 0.362. The van der Waals surface area contributed by atoms with Gasteiger partial charge in [-0.25, -0.2) is 0 Å². The van der Waals surface area contributed by atoms with Gasteiger partial charge in [0, 0.05) is 19.7 Å². The third-order valence-electron chi connectivity index (χ3n) is 2.70. The number of ether oxygens (including phenoxy) is 2. The maximum Gasteiger partial charge on any atom is 0.0897 e. The van der Waals surface area contributed by atoms with E-state index < -0.39 is 6.10 Å². The van der Waals surface area contributed by atoms with Crippen molar-refractivity contribution in [3.05, 3.63) is 0 Å². The van der Waals surface area contributed by atoms with Crippen LogP contribution in [0, 0.1) is 5.41 Å². The lowest BCUT2D eigenvalue weighted by Crippen LogP contribution is -2.42. The fourth-order valence-corrected chi connectivity index (χ4v) is 1.04. The molecular formula is C12H27NO3. The Bertz CT molecular complexity index is 168. The smallest absolute Gasteiger partial charge is 0.0897 e. The Hall–Kier alpha value is -0.160. The van der Waals surface area contributed by atoms with Crippen LogP contribution in [0.3, 0.4) is 0 Å². The average Bonchev–Trinajstić information content (AvgIpc) is 2.19. The van der Waals surface area contributed by atoms with Crippen LogP contribution < -0.4 is 5.32 Å². The van der Waals surface area contributed by atoms with E-state index in [0.29, 0.717) is 32.4 Å². The van der Waals surface area contributed by atoms with Crippen LogP contribution in [-0.2, 0) is 9.47 Å². The predicted octanol–water partition coefficient (Wildman–Crippen LogP) is 1.03. The summed E-state index contributed by atoms with van der Waals surface area (Å²) in [5.74, 6) is 0. The first-order chi connectivity index (χ1) is 7.38. The third-order valence-corrected chi connectivity index (χ3v) is 2.70. The van der Waals surface area contributed by atoms with Crippen LogP contribution >= 0.6 is 0 Å². The fraction of sp³-hybridized carbons (Fsp3) is 1.00. The Labute approximate surface area is 99.3 Å². The zero-order valence-corrected chi connectivity index (χ0v) is 11.2. The Balaban J connectivity index is 3.53. The van der Waals surface area contributed by atoms with E-state index in [9.17, 15) is 5.11 Å². The van der Waals surface area contributed by atoms with E-state index in [1.54, 1.807) is 7.11 Å². The quantitative estimate of drug-likeness (QED) is 0.615. The molecule has 0 aliphatic carbocycles. The van der Waals surface area contributed by atoms with Crippen LogP contribution in [0.1, 0.15) is 27.7 Å². The summed E-state index contributed by atoms with van der Waals surface area (Å²) >= 11 is 0. The van der Waals surface area contributed by atoms with Crippen LogP contribution in [0.4, 0.5) is 0 Å². The molecule has 2 atom stereocenters. The SMILES string of the molecule is COCCOCC(O)CNC(C)C(C)(C)C. The van der Waals surface area contributed by atoms with E-state index in [4.69, 9.17) is 9.47 Å². The summed E-state index contributed by atoms with van der Waals surface area (Å²) in [4.78, 5) is 0. The molecule has 98 valence electrons. The second kappa shape index (κ2) is 8.01. The van der Waals surface area contributed by atoms with Gasteiger partial charge in [0.1, 0.15) is 0 Å². The monoisotopic (exact) mass is 233 g/mol. The van der Waals surface area contributed by atoms with Crippen LogP contribution in [-0.4, -0.2) is 50.7 Å². The van der Waals surface area contributed by atoms with Gasteiger partial charge in [0.2, 0.25) is 0 Å². The average molecular weight is 233 g/mol. The normalized spacial score (nSPS) is 16.1. The molecule has 0 aromatic carbocycles. The van der Waals surface area contributed by atoms with E-state index in [2.05, 4.69) is 33.0 Å². The number of methoxy groups -OCH3 is 1. The minimum Gasteiger partial charge on any atom is -0.389 e. The van der Waals surface area contributed by atoms with E-state index in [-0.39, 0.29) is 5.41 Å². The van der Waals surface area contributed by atoms with Gasteiger partial charge in [0.05, 0.1) is 25.9 Å². The number of aliphatic hydroxyl groups is 1. The van der Waals surface area contributed by atoms with Crippen molar-refractivity contribution >= 4 is 0 Å². The van der Waals surface area contributed by atoms with Gasteiger partial charge in [0.25, 0.3) is 0 Å². The largest absolute Gasteiger partial charge is 0.389 e. The van der Waals surface area contributed by atoms with Crippen molar-refractivity contribution in [2.75, 3.05) is 33.5 Å². The molecular weight excluding hydrogens is 206 g/mol. The first-order valence-electron chi connectivity index (χ1n) is 5.86. The van der Waals surface area contributed by atoms with Gasteiger partial charge in [-0.15, -0.1) is 0 Å². The van der Waals surface area contributed by atoms with Crippen LogP contribution in [0.25, 0.3) is 0 Å². The number of aliphatic hydroxyl groups excluding tert-OH is 1. The van der Waals surface area contributed by atoms with Crippen molar-refractivity contribution in [2.45, 2.75) is 39.8 Å². The molecule has 0 fully saturated rings. The lowest BCUT2D eigenvalue weighted by Gasteiger charge is -2.29. The van der Waals surface area contributed by atoms with Gasteiger partial charge in [-0.05, 0) is 12.3 Å². The van der Waals surface area contributed by atoms with E-state index in [0.717, 1.165) is 0 Å². The van der Waals surface area contributed by atoms with Crippen molar-refractivity contribution in [3.63, 3.8) is 0 Å². The molecule has 0 aliphatic rings. The molecule has 2 unspecified atom stereocenters. The lowest BCUT2D eigenvalue weighted by atomic mass is 9.88. The first-order valence-corrected chi connectivity index (χ1v) is 5.86. The number of nitrogens with one attached hydrogen (secondary N) is 1. The highest BCUT2D eigenvalue weighted by molar-refractivity contribution is 4.77. The summed E-state index contributed by atoms with van der Waals surface area (Å²) in [5.41, 5.74) is 0.205. The van der Waals surface area contributed by atoms with Crippen LogP contribution in [0.2, 0.25) is 0 Å². The molecule has 0 radical (unpaired) electrons. The predicted molar refractivity (Wildman–Crippen MR) is 65.6 cm³/mol. The minimum atomic E-state index is -0.457. The van der Waals surface area contributed by atoms with E-state index in [1.165, 1.54) is 0 Å². The molecule has 4 heteroatoms. The van der Waals surface area contributed by atoms with Gasteiger partial charge in [0.15, 0.2) is 0 Å². The summed E-state index contributed by atoms with van der Waals surface area (Å²) < 4.78 is 10.1. The molecule has 0 spiro atoms. The maximum absolute atomic E-state index is 9.63. The molecule has 0 aromatic heterocycles. The number of rotatable bonds is 8. The summed E-state index contributed by atoms with van der Waals surface area (Å²) in [6.45, 7) is 10.7. The molecule has 2 N–H and O–H groups in total. The molecule has 16 heavy (non-hydrogen) atoms. The highest BCUT2D eigenvalue weighted by atomic mass is 16.5. The number of hydrogen-bond donors (Lipinski definition) is 2. The van der Waals surface area contributed by atoms with Gasteiger partial charge in [-0.2, -0.15) is 0 Å². The molecule has 0 bridgehead atoms. The molecule has 0 amide bonds. The van der Waals surface area contributed by atoms with Gasteiger partial charge < -0.3 is 19.9 Å². The van der Waals surface area contributed by atoms with Crippen molar-refractivity contribution in [1.82, 2.24) is 5.32 Å². The molecule has 0 saturated carbocycles. The highest BCUT2D eigenvalue weighted by Gasteiger charge is 2.19. The fourth-order valence-electron chi connectivity index (χ4n) is 1.04. The summed E-state index contributed by atoms with van der Waals surface area (Å²) in [6.07, 6.45) is -0.457. The molecule has 4 nitrogen and oxygen atoms in total. The first kappa shape index (κ1) is 15.8. The Morgan fingerprint density at radius 1 is 1.25 bits per heavy atom. The van der Waals surface area contributed by atoms with Crippen LogP contribution in [0.15, 0.2) is 0 Å². The highest BCUT2D eigenvalue weighted by Crippen LogP contribution is 2.18. The standard InChI is InChI=1S/C12H27NO3/c1-10(12(2,3)4)13-8-11(14)9-16-7-6-15-5/h10-11,13-14H,6-9H2,1-5H3. The Kier molecular flexibility index (Phi) is 7.93. The van der Waals surface area contributed by atoms with Crippen molar-refractivity contribution in [2.24, 2.45) is 5.41 Å². The lowest BCUT2D eigenvalue weighted by molar-refractivity contribution is 0.0118. The molecule has 0 heterocycles. The van der Waals surface area contributed by atoms with Gasteiger partial charge in [-0.3, -0.25) is 0 Å². The minimum absolute atomic E-state index is 0.205. The zero-order chi connectivity index (χ0) is 12.6. The summed E-state index contributed by atoms with van der Waals surface area (Å²) in [7, 11) is 1.63. The topological polar surface area (TPSA) is 50.7 Å². The van der Waals surface area contributed by atoms with Gasteiger partial charge in [-0.1, -0.05) is 20.8 Å².